The van der Waals surface area contributed by atoms with Gasteiger partial charge in [-0.25, -0.2) is 4.79 Å². The number of esters is 1. The minimum absolute atomic E-state index is 0.274. The zero-order valence-corrected chi connectivity index (χ0v) is 10.3. The second kappa shape index (κ2) is 6.91. The molecule has 4 heteroatoms. The fourth-order valence-electron chi connectivity index (χ4n) is 1.21. The summed E-state index contributed by atoms with van der Waals surface area (Å²) in [4.78, 5) is 11.5. The topological polar surface area (TPSA) is 61.5 Å². The van der Waals surface area contributed by atoms with E-state index in [2.05, 4.69) is 13.8 Å². The van der Waals surface area contributed by atoms with E-state index in [4.69, 9.17) is 15.2 Å². The van der Waals surface area contributed by atoms with Crippen LogP contribution < -0.4 is 5.73 Å². The van der Waals surface area contributed by atoms with Crippen molar-refractivity contribution in [2.45, 2.75) is 13.8 Å². The minimum Gasteiger partial charge on any atom is -0.460 e. The molecular formula is C13H19NO3. The first-order valence-corrected chi connectivity index (χ1v) is 5.70. The number of benzene rings is 1. The molecule has 94 valence electrons. The molecule has 0 aromatic heterocycles. The van der Waals surface area contributed by atoms with Gasteiger partial charge in [0.15, 0.2) is 0 Å². The number of nitrogen functional groups attached to an aromatic ring is 1. The molecule has 1 rings (SSSR count). The van der Waals surface area contributed by atoms with Crippen molar-refractivity contribution in [2.75, 3.05) is 25.6 Å². The van der Waals surface area contributed by atoms with Crippen LogP contribution in [-0.4, -0.2) is 25.8 Å². The number of carbonyl (C=O) groups excluding carboxylic acids is 1. The van der Waals surface area contributed by atoms with Gasteiger partial charge in [0.1, 0.15) is 6.61 Å². The summed E-state index contributed by atoms with van der Waals surface area (Å²) in [5.74, 6) is 0.140. The zero-order chi connectivity index (χ0) is 12.7. The fraction of sp³-hybridized carbons (Fsp3) is 0.462. The van der Waals surface area contributed by atoms with E-state index in [1.165, 1.54) is 0 Å². The van der Waals surface area contributed by atoms with Crippen molar-refractivity contribution in [1.82, 2.24) is 0 Å². The quantitative estimate of drug-likeness (QED) is 0.467. The fourth-order valence-corrected chi connectivity index (χ4v) is 1.21. The average Bonchev–Trinajstić information content (AvgIpc) is 2.29. The Kier molecular flexibility index (Phi) is 5.49. The lowest BCUT2D eigenvalue weighted by atomic mass is 10.2. The van der Waals surface area contributed by atoms with Gasteiger partial charge in [0.05, 0.1) is 12.2 Å². The Labute approximate surface area is 102 Å². The van der Waals surface area contributed by atoms with Crippen molar-refractivity contribution in [3.8, 4) is 0 Å². The normalized spacial score (nSPS) is 10.5. The molecule has 0 unspecified atom stereocenters. The van der Waals surface area contributed by atoms with E-state index < -0.39 is 0 Å². The molecule has 0 heterocycles. The van der Waals surface area contributed by atoms with Crippen LogP contribution >= 0.6 is 0 Å². The second-order valence-corrected chi connectivity index (χ2v) is 4.23. The highest BCUT2D eigenvalue weighted by molar-refractivity contribution is 5.89. The minimum atomic E-state index is -0.349. The lowest BCUT2D eigenvalue weighted by Crippen LogP contribution is -2.12. The Morgan fingerprint density at radius 1 is 1.24 bits per heavy atom. The molecule has 0 atom stereocenters. The summed E-state index contributed by atoms with van der Waals surface area (Å²) < 4.78 is 10.3. The van der Waals surface area contributed by atoms with Crippen LogP contribution in [0.4, 0.5) is 5.69 Å². The molecule has 0 aliphatic rings. The summed E-state index contributed by atoms with van der Waals surface area (Å²) in [5.41, 5.74) is 6.65. The molecule has 0 spiro atoms. The van der Waals surface area contributed by atoms with E-state index in [-0.39, 0.29) is 12.6 Å². The van der Waals surface area contributed by atoms with Crippen molar-refractivity contribution in [3.05, 3.63) is 29.8 Å². The highest BCUT2D eigenvalue weighted by Gasteiger charge is 2.06. The summed E-state index contributed by atoms with van der Waals surface area (Å²) in [5, 5.41) is 0. The number of nitrogens with two attached hydrogens (primary N) is 1. The molecular weight excluding hydrogens is 218 g/mol. The Bertz CT molecular complexity index is 346. The summed E-state index contributed by atoms with van der Waals surface area (Å²) >= 11 is 0. The zero-order valence-electron chi connectivity index (χ0n) is 10.3. The van der Waals surface area contributed by atoms with Gasteiger partial charge < -0.3 is 15.2 Å². The van der Waals surface area contributed by atoms with Crippen molar-refractivity contribution < 1.29 is 14.3 Å². The van der Waals surface area contributed by atoms with Crippen LogP contribution in [0.3, 0.4) is 0 Å². The first-order valence-electron chi connectivity index (χ1n) is 5.70. The van der Waals surface area contributed by atoms with Gasteiger partial charge in [-0.2, -0.15) is 0 Å². The van der Waals surface area contributed by atoms with Gasteiger partial charge in [0.2, 0.25) is 0 Å². The molecule has 0 saturated carbocycles. The van der Waals surface area contributed by atoms with Gasteiger partial charge in [-0.15, -0.1) is 0 Å². The van der Waals surface area contributed by atoms with E-state index in [1.807, 2.05) is 0 Å². The predicted molar refractivity (Wildman–Crippen MR) is 66.8 cm³/mol. The maximum Gasteiger partial charge on any atom is 0.338 e. The number of ether oxygens (including phenoxy) is 2. The standard InChI is InChI=1S/C13H19NO3/c1-10(2)9-16-7-8-17-13(15)11-3-5-12(14)6-4-11/h3-6,10H,7-9,14H2,1-2H3. The number of rotatable bonds is 6. The highest BCUT2D eigenvalue weighted by atomic mass is 16.6. The van der Waals surface area contributed by atoms with Crippen LogP contribution in [0.25, 0.3) is 0 Å². The van der Waals surface area contributed by atoms with Crippen molar-refractivity contribution >= 4 is 11.7 Å². The predicted octanol–water partition coefficient (Wildman–Crippen LogP) is 2.10. The van der Waals surface area contributed by atoms with Gasteiger partial charge in [-0.05, 0) is 30.2 Å². The number of anilines is 1. The van der Waals surface area contributed by atoms with E-state index in [9.17, 15) is 4.79 Å². The SMILES string of the molecule is CC(C)COCCOC(=O)c1ccc(N)cc1. The molecule has 2 N–H and O–H groups in total. The molecule has 4 nitrogen and oxygen atoms in total. The van der Waals surface area contributed by atoms with Gasteiger partial charge in [0, 0.05) is 12.3 Å². The highest BCUT2D eigenvalue weighted by Crippen LogP contribution is 2.06. The maximum atomic E-state index is 11.5. The van der Waals surface area contributed by atoms with Gasteiger partial charge in [-0.3, -0.25) is 0 Å². The molecule has 17 heavy (non-hydrogen) atoms. The van der Waals surface area contributed by atoms with Crippen LogP contribution in [-0.2, 0) is 9.47 Å². The van der Waals surface area contributed by atoms with Crippen LogP contribution in [0, 0.1) is 5.92 Å². The first kappa shape index (κ1) is 13.5. The summed E-state index contributed by atoms with van der Waals surface area (Å²) in [6.45, 7) is 5.52. The Balaban J connectivity index is 2.23. The van der Waals surface area contributed by atoms with Crippen molar-refractivity contribution in [2.24, 2.45) is 5.92 Å². The Morgan fingerprint density at radius 3 is 2.47 bits per heavy atom. The van der Waals surface area contributed by atoms with E-state index in [0.717, 1.165) is 0 Å². The Morgan fingerprint density at radius 2 is 1.88 bits per heavy atom. The molecule has 0 amide bonds. The summed E-state index contributed by atoms with van der Waals surface area (Å²) in [7, 11) is 0. The number of hydrogen-bond acceptors (Lipinski definition) is 4. The molecule has 0 fully saturated rings. The largest absolute Gasteiger partial charge is 0.460 e. The van der Waals surface area contributed by atoms with Crippen LogP contribution in [0.15, 0.2) is 24.3 Å². The van der Waals surface area contributed by atoms with E-state index in [1.54, 1.807) is 24.3 Å². The van der Waals surface area contributed by atoms with Crippen LogP contribution in [0.1, 0.15) is 24.2 Å². The third kappa shape index (κ3) is 5.36. The smallest absolute Gasteiger partial charge is 0.338 e. The summed E-state index contributed by atoms with van der Waals surface area (Å²) in [6, 6.07) is 6.64. The number of carbonyl (C=O) groups is 1. The molecule has 1 aromatic rings. The van der Waals surface area contributed by atoms with Gasteiger partial charge >= 0.3 is 5.97 Å². The molecule has 0 saturated heterocycles. The van der Waals surface area contributed by atoms with E-state index >= 15 is 0 Å². The second-order valence-electron chi connectivity index (χ2n) is 4.23. The molecule has 1 aromatic carbocycles. The maximum absolute atomic E-state index is 11.5. The van der Waals surface area contributed by atoms with Crippen molar-refractivity contribution in [1.29, 1.82) is 0 Å². The van der Waals surface area contributed by atoms with E-state index in [0.29, 0.717) is 30.4 Å². The van der Waals surface area contributed by atoms with Crippen molar-refractivity contribution in [3.63, 3.8) is 0 Å². The van der Waals surface area contributed by atoms with Gasteiger partial charge in [0.25, 0.3) is 0 Å². The summed E-state index contributed by atoms with van der Waals surface area (Å²) in [6.07, 6.45) is 0. The molecule has 0 bridgehead atoms. The number of hydrogen-bond donors (Lipinski definition) is 1. The lowest BCUT2D eigenvalue weighted by Gasteiger charge is -2.07. The lowest BCUT2D eigenvalue weighted by molar-refractivity contribution is 0.0277. The Hall–Kier alpha value is -1.55. The molecule has 0 aliphatic carbocycles. The average molecular weight is 237 g/mol. The molecule has 0 aliphatic heterocycles. The third-order valence-corrected chi connectivity index (χ3v) is 2.06. The first-order chi connectivity index (χ1) is 8.09. The monoisotopic (exact) mass is 237 g/mol. The molecule has 0 radical (unpaired) electrons. The van der Waals surface area contributed by atoms with Crippen LogP contribution in [0.5, 0.6) is 0 Å². The third-order valence-electron chi connectivity index (χ3n) is 2.06. The van der Waals surface area contributed by atoms with Gasteiger partial charge in [-0.1, -0.05) is 13.8 Å². The van der Waals surface area contributed by atoms with Crippen LogP contribution in [0.2, 0.25) is 0 Å².